The number of amides is 1. The number of sulfonamides is 1. The number of hydrogen-bond donors (Lipinski definition) is 2. The number of halogens is 1. The minimum Gasteiger partial charge on any atom is -0.322 e. The van der Waals surface area contributed by atoms with Crippen LogP contribution in [-0.2, 0) is 10.0 Å². The Bertz CT molecular complexity index is 1330. The van der Waals surface area contributed by atoms with Crippen molar-refractivity contribution in [2.24, 2.45) is 0 Å². The van der Waals surface area contributed by atoms with Crippen molar-refractivity contribution in [3.63, 3.8) is 0 Å². The summed E-state index contributed by atoms with van der Waals surface area (Å²) in [7, 11) is -3.93. The van der Waals surface area contributed by atoms with E-state index in [0.717, 1.165) is 5.69 Å². The molecule has 0 atom stereocenters. The van der Waals surface area contributed by atoms with E-state index in [9.17, 15) is 13.2 Å². The molecule has 1 aromatic heterocycles. The molecule has 0 spiro atoms. The lowest BCUT2D eigenvalue weighted by molar-refractivity contribution is 0.102. The fourth-order valence-electron chi connectivity index (χ4n) is 2.73. The molecule has 0 aliphatic rings. The highest BCUT2D eigenvalue weighted by atomic mass is 35.5. The zero-order chi connectivity index (χ0) is 21.8. The van der Waals surface area contributed by atoms with Crippen molar-refractivity contribution in [3.05, 3.63) is 89.7 Å². The van der Waals surface area contributed by atoms with E-state index in [1.807, 2.05) is 0 Å². The quantitative estimate of drug-likeness (QED) is 0.461. The number of nitrogens with one attached hydrogen (secondary N) is 2. The fraction of sp³-hybridized carbons (Fsp3) is 0. The summed E-state index contributed by atoms with van der Waals surface area (Å²) < 4.78 is 29.3. The second-order valence-corrected chi connectivity index (χ2v) is 8.46. The molecule has 0 bridgehead atoms. The summed E-state index contributed by atoms with van der Waals surface area (Å²) in [5.41, 5.74) is 1.69. The fourth-order valence-corrected chi connectivity index (χ4v) is 4.10. The van der Waals surface area contributed by atoms with Crippen molar-refractivity contribution in [2.75, 3.05) is 10.0 Å². The molecule has 3 aromatic carbocycles. The average Bonchev–Trinajstić information content (AvgIpc) is 3.31. The van der Waals surface area contributed by atoms with E-state index >= 15 is 0 Å². The molecule has 0 aliphatic carbocycles. The number of rotatable bonds is 6. The Hall–Kier alpha value is -3.76. The zero-order valence-electron chi connectivity index (χ0n) is 15.8. The number of carbonyl (C=O) groups is 1. The van der Waals surface area contributed by atoms with E-state index in [2.05, 4.69) is 25.6 Å². The SMILES string of the molecule is O=C(Nc1ccc(-n2cnnn2)cc1)c1cccc(S(=O)(=O)Nc2ccccc2Cl)c1. The lowest BCUT2D eigenvalue weighted by Gasteiger charge is -2.11. The highest BCUT2D eigenvalue weighted by Crippen LogP contribution is 2.24. The first-order valence-corrected chi connectivity index (χ1v) is 10.8. The highest BCUT2D eigenvalue weighted by Gasteiger charge is 2.18. The Labute approximate surface area is 182 Å². The van der Waals surface area contributed by atoms with Crippen LogP contribution in [0.1, 0.15) is 10.4 Å². The molecular formula is C20H15ClN6O3S. The van der Waals surface area contributed by atoms with Crippen LogP contribution in [0.2, 0.25) is 5.02 Å². The Morgan fingerprint density at radius 2 is 1.74 bits per heavy atom. The minimum absolute atomic E-state index is 0.0610. The van der Waals surface area contributed by atoms with Gasteiger partial charge in [-0.25, -0.2) is 13.1 Å². The monoisotopic (exact) mass is 454 g/mol. The van der Waals surface area contributed by atoms with Crippen LogP contribution in [-0.4, -0.2) is 34.5 Å². The Kier molecular flexibility index (Phi) is 5.65. The molecule has 4 aromatic rings. The van der Waals surface area contributed by atoms with Gasteiger partial charge in [0.2, 0.25) is 0 Å². The van der Waals surface area contributed by atoms with E-state index in [-0.39, 0.29) is 21.2 Å². The Morgan fingerprint density at radius 3 is 2.45 bits per heavy atom. The molecule has 4 rings (SSSR count). The number of hydrogen-bond acceptors (Lipinski definition) is 6. The van der Waals surface area contributed by atoms with E-state index in [0.29, 0.717) is 5.69 Å². The van der Waals surface area contributed by atoms with Gasteiger partial charge in [0.05, 0.1) is 21.3 Å². The Morgan fingerprint density at radius 1 is 0.968 bits per heavy atom. The molecule has 0 aliphatic heterocycles. The van der Waals surface area contributed by atoms with Crippen LogP contribution in [0.15, 0.2) is 84.0 Å². The maximum absolute atomic E-state index is 12.7. The topological polar surface area (TPSA) is 119 Å². The molecule has 31 heavy (non-hydrogen) atoms. The lowest BCUT2D eigenvalue weighted by atomic mass is 10.2. The van der Waals surface area contributed by atoms with Crippen molar-refractivity contribution < 1.29 is 13.2 Å². The van der Waals surface area contributed by atoms with Crippen LogP contribution < -0.4 is 10.0 Å². The van der Waals surface area contributed by atoms with Gasteiger partial charge < -0.3 is 5.32 Å². The number of benzene rings is 3. The second-order valence-electron chi connectivity index (χ2n) is 6.37. The number of aromatic nitrogens is 4. The molecule has 0 saturated heterocycles. The molecule has 2 N–H and O–H groups in total. The van der Waals surface area contributed by atoms with Gasteiger partial charge in [0.1, 0.15) is 6.33 Å². The summed E-state index contributed by atoms with van der Waals surface area (Å²) >= 11 is 6.03. The number of carbonyl (C=O) groups excluding carboxylic acids is 1. The van der Waals surface area contributed by atoms with Crippen LogP contribution in [0.3, 0.4) is 0 Å². The molecule has 11 heteroatoms. The van der Waals surface area contributed by atoms with E-state index in [1.165, 1.54) is 35.3 Å². The van der Waals surface area contributed by atoms with Gasteiger partial charge in [0.15, 0.2) is 0 Å². The minimum atomic E-state index is -3.93. The molecule has 156 valence electrons. The average molecular weight is 455 g/mol. The van der Waals surface area contributed by atoms with E-state index < -0.39 is 15.9 Å². The maximum Gasteiger partial charge on any atom is 0.261 e. The van der Waals surface area contributed by atoms with Gasteiger partial charge in [-0.1, -0.05) is 29.8 Å². The second kappa shape index (κ2) is 8.54. The van der Waals surface area contributed by atoms with Crippen LogP contribution >= 0.6 is 11.6 Å². The molecule has 1 heterocycles. The van der Waals surface area contributed by atoms with Gasteiger partial charge in [-0.2, -0.15) is 0 Å². The van der Waals surface area contributed by atoms with Crippen LogP contribution in [0, 0.1) is 0 Å². The van der Waals surface area contributed by atoms with Gasteiger partial charge in [0.25, 0.3) is 15.9 Å². The molecule has 0 saturated carbocycles. The molecule has 0 fully saturated rings. The number of tetrazole rings is 1. The van der Waals surface area contributed by atoms with Crippen LogP contribution in [0.25, 0.3) is 5.69 Å². The maximum atomic E-state index is 12.7. The highest BCUT2D eigenvalue weighted by molar-refractivity contribution is 7.92. The Balaban J connectivity index is 1.51. The van der Waals surface area contributed by atoms with Gasteiger partial charge in [-0.15, -0.1) is 5.10 Å². The predicted molar refractivity (Wildman–Crippen MR) is 116 cm³/mol. The standard InChI is InChI=1S/C20H15ClN6O3S/c21-18-6-1-2-7-19(18)24-31(29,30)17-5-3-4-14(12-17)20(28)23-15-8-10-16(11-9-15)27-13-22-25-26-27/h1-13,24H,(H,23,28). The van der Waals surface area contributed by atoms with Crippen molar-refractivity contribution >= 4 is 38.9 Å². The summed E-state index contributed by atoms with van der Waals surface area (Å²) in [6.45, 7) is 0. The van der Waals surface area contributed by atoms with Gasteiger partial charge in [-0.05, 0) is 65.0 Å². The smallest absolute Gasteiger partial charge is 0.261 e. The number of para-hydroxylation sites is 1. The van der Waals surface area contributed by atoms with Crippen molar-refractivity contribution in [1.29, 1.82) is 0 Å². The molecular weight excluding hydrogens is 440 g/mol. The van der Waals surface area contributed by atoms with Crippen molar-refractivity contribution in [1.82, 2.24) is 20.2 Å². The van der Waals surface area contributed by atoms with Crippen LogP contribution in [0.5, 0.6) is 0 Å². The van der Waals surface area contributed by atoms with Crippen molar-refractivity contribution in [2.45, 2.75) is 4.90 Å². The first-order valence-electron chi connectivity index (χ1n) is 8.94. The third kappa shape index (κ3) is 4.71. The third-order valence-electron chi connectivity index (χ3n) is 4.26. The number of anilines is 2. The normalized spacial score (nSPS) is 11.1. The van der Waals surface area contributed by atoms with Crippen LogP contribution in [0.4, 0.5) is 11.4 Å². The first-order chi connectivity index (χ1) is 14.9. The molecule has 0 radical (unpaired) electrons. The van der Waals surface area contributed by atoms with E-state index in [1.54, 1.807) is 48.5 Å². The first kappa shape index (κ1) is 20.5. The van der Waals surface area contributed by atoms with Gasteiger partial charge in [-0.3, -0.25) is 9.52 Å². The van der Waals surface area contributed by atoms with E-state index in [4.69, 9.17) is 11.6 Å². The largest absolute Gasteiger partial charge is 0.322 e. The summed E-state index contributed by atoms with van der Waals surface area (Å²) in [6, 6.07) is 19.1. The molecule has 9 nitrogen and oxygen atoms in total. The lowest BCUT2D eigenvalue weighted by Crippen LogP contribution is -2.16. The zero-order valence-corrected chi connectivity index (χ0v) is 17.4. The van der Waals surface area contributed by atoms with Crippen molar-refractivity contribution in [3.8, 4) is 5.69 Å². The van der Waals surface area contributed by atoms with Gasteiger partial charge in [0, 0.05) is 11.3 Å². The number of nitrogens with zero attached hydrogens (tertiary/aromatic N) is 4. The summed E-state index contributed by atoms with van der Waals surface area (Å²) in [5.74, 6) is -0.454. The summed E-state index contributed by atoms with van der Waals surface area (Å²) in [4.78, 5) is 12.6. The summed E-state index contributed by atoms with van der Waals surface area (Å²) in [5, 5.41) is 13.9. The predicted octanol–water partition coefficient (Wildman–Crippen LogP) is 3.37. The molecule has 1 amide bonds. The van der Waals surface area contributed by atoms with Gasteiger partial charge >= 0.3 is 0 Å². The third-order valence-corrected chi connectivity index (χ3v) is 5.96. The molecule has 0 unspecified atom stereocenters. The summed E-state index contributed by atoms with van der Waals surface area (Å²) in [6.07, 6.45) is 1.45.